The van der Waals surface area contributed by atoms with Gasteiger partial charge in [-0.3, -0.25) is 9.69 Å². The fraction of sp³-hybridized carbons (Fsp3) is 0.294. The van der Waals surface area contributed by atoms with Crippen molar-refractivity contribution >= 4 is 51.9 Å². The zero-order valence-electron chi connectivity index (χ0n) is 23.9. The van der Waals surface area contributed by atoms with Crippen LogP contribution in [0.25, 0.3) is 11.1 Å². The van der Waals surface area contributed by atoms with Crippen LogP contribution in [0.2, 0.25) is 10.0 Å². The van der Waals surface area contributed by atoms with E-state index in [-0.39, 0.29) is 5.91 Å². The Morgan fingerprint density at radius 1 is 1.02 bits per heavy atom. The zero-order valence-corrected chi connectivity index (χ0v) is 25.4. The smallest absolute Gasteiger partial charge is 0.335 e. The molecule has 1 fully saturated rings. The van der Waals surface area contributed by atoms with E-state index >= 15 is 0 Å². The van der Waals surface area contributed by atoms with Crippen molar-refractivity contribution in [3.8, 4) is 0 Å². The van der Waals surface area contributed by atoms with Crippen LogP contribution in [0.3, 0.4) is 0 Å². The van der Waals surface area contributed by atoms with Gasteiger partial charge in [-0.25, -0.2) is 4.79 Å². The second-order valence-corrected chi connectivity index (χ2v) is 12.0. The number of fused-ring (bicyclic) bond motifs is 1. The SMILES string of the molecule is CN(C)C(=O)/C=C/CN1CC[C@@H](Nc2ccc(C3=C(c4ccc(Cl)cc4Cl)CCCc4cc(C(=O)O)ccc43)cc2)C1. The van der Waals surface area contributed by atoms with E-state index in [0.717, 1.165) is 84.4 Å². The Morgan fingerprint density at radius 3 is 2.50 bits per heavy atom. The van der Waals surface area contributed by atoms with Crippen LogP contribution >= 0.6 is 23.2 Å². The quantitative estimate of drug-likeness (QED) is 0.268. The van der Waals surface area contributed by atoms with E-state index in [4.69, 9.17) is 23.2 Å². The molecule has 2 aliphatic rings. The van der Waals surface area contributed by atoms with Gasteiger partial charge in [-0.2, -0.15) is 0 Å². The van der Waals surface area contributed by atoms with Crippen LogP contribution < -0.4 is 5.32 Å². The number of aromatic carboxylic acids is 1. The van der Waals surface area contributed by atoms with Gasteiger partial charge in [0.25, 0.3) is 0 Å². The summed E-state index contributed by atoms with van der Waals surface area (Å²) in [6, 6.07) is 19.8. The highest BCUT2D eigenvalue weighted by atomic mass is 35.5. The molecule has 1 saturated heterocycles. The first kappa shape index (κ1) is 29.9. The number of rotatable bonds is 8. The lowest BCUT2D eigenvalue weighted by Crippen LogP contribution is -2.26. The summed E-state index contributed by atoms with van der Waals surface area (Å²) in [5.41, 5.74) is 7.60. The molecule has 42 heavy (non-hydrogen) atoms. The van der Waals surface area contributed by atoms with E-state index in [1.807, 2.05) is 24.3 Å². The summed E-state index contributed by atoms with van der Waals surface area (Å²) in [7, 11) is 3.50. The first-order valence-electron chi connectivity index (χ1n) is 14.2. The molecular formula is C34H35Cl2N3O3. The van der Waals surface area contributed by atoms with Crippen LogP contribution in [-0.2, 0) is 11.2 Å². The number of hydrogen-bond donors (Lipinski definition) is 2. The number of carbonyl (C=O) groups excluding carboxylic acids is 1. The summed E-state index contributed by atoms with van der Waals surface area (Å²) in [5.74, 6) is -0.924. The highest BCUT2D eigenvalue weighted by Crippen LogP contribution is 2.42. The number of allylic oxidation sites excluding steroid dienone is 1. The molecule has 3 aromatic rings. The third kappa shape index (κ3) is 6.89. The van der Waals surface area contributed by atoms with Crippen LogP contribution in [0.1, 0.15) is 51.9 Å². The van der Waals surface area contributed by atoms with Crippen molar-refractivity contribution in [2.24, 2.45) is 0 Å². The van der Waals surface area contributed by atoms with Gasteiger partial charge in [0.15, 0.2) is 0 Å². The lowest BCUT2D eigenvalue weighted by Gasteiger charge is -2.19. The van der Waals surface area contributed by atoms with Crippen molar-refractivity contribution < 1.29 is 14.7 Å². The van der Waals surface area contributed by atoms with Crippen molar-refractivity contribution in [2.45, 2.75) is 31.7 Å². The summed E-state index contributed by atoms with van der Waals surface area (Å²) in [4.78, 5) is 27.4. The lowest BCUT2D eigenvalue weighted by atomic mass is 9.87. The average molecular weight is 605 g/mol. The van der Waals surface area contributed by atoms with E-state index in [1.54, 1.807) is 43.3 Å². The number of carboxylic acids is 1. The van der Waals surface area contributed by atoms with Gasteiger partial charge in [0.2, 0.25) is 5.91 Å². The van der Waals surface area contributed by atoms with Crippen LogP contribution in [-0.4, -0.2) is 66.6 Å². The Morgan fingerprint density at radius 2 is 1.79 bits per heavy atom. The molecule has 2 N–H and O–H groups in total. The third-order valence-corrected chi connectivity index (χ3v) is 8.48. The number of nitrogens with one attached hydrogen (secondary N) is 1. The predicted molar refractivity (Wildman–Crippen MR) is 171 cm³/mol. The number of carboxylic acid groups (broad SMARTS) is 1. The number of hydrogen-bond acceptors (Lipinski definition) is 4. The molecule has 0 unspecified atom stereocenters. The van der Waals surface area contributed by atoms with Crippen LogP contribution in [0.15, 0.2) is 72.8 Å². The molecule has 6 nitrogen and oxygen atoms in total. The fourth-order valence-corrected chi connectivity index (χ4v) is 6.31. The Hall–Kier alpha value is -3.58. The summed E-state index contributed by atoms with van der Waals surface area (Å²) < 4.78 is 0. The molecule has 1 aliphatic carbocycles. The molecule has 3 aromatic carbocycles. The summed E-state index contributed by atoms with van der Waals surface area (Å²) in [6.45, 7) is 2.64. The average Bonchev–Trinajstić information content (AvgIpc) is 3.31. The summed E-state index contributed by atoms with van der Waals surface area (Å²) in [5, 5.41) is 14.5. The first-order valence-corrected chi connectivity index (χ1v) is 15.0. The van der Waals surface area contributed by atoms with E-state index in [0.29, 0.717) is 21.7 Å². The molecule has 0 radical (unpaired) electrons. The van der Waals surface area contributed by atoms with Crippen molar-refractivity contribution in [3.05, 3.63) is 111 Å². The Bertz CT molecular complexity index is 1550. The highest BCUT2D eigenvalue weighted by Gasteiger charge is 2.24. The molecule has 0 aromatic heterocycles. The predicted octanol–water partition coefficient (Wildman–Crippen LogP) is 7.12. The zero-order chi connectivity index (χ0) is 29.8. The highest BCUT2D eigenvalue weighted by molar-refractivity contribution is 6.36. The molecule has 8 heteroatoms. The van der Waals surface area contributed by atoms with Gasteiger partial charge in [-0.05, 0) is 95.5 Å². The molecule has 1 amide bonds. The van der Waals surface area contributed by atoms with Gasteiger partial charge in [0, 0.05) is 61.6 Å². The number of carbonyl (C=O) groups is 2. The number of likely N-dealkylation sites (tertiary alicyclic amines) is 1. The number of benzene rings is 3. The second-order valence-electron chi connectivity index (χ2n) is 11.1. The molecule has 0 saturated carbocycles. The van der Waals surface area contributed by atoms with Gasteiger partial charge < -0.3 is 15.3 Å². The third-order valence-electron chi connectivity index (χ3n) is 7.93. The number of anilines is 1. The molecule has 218 valence electrons. The van der Waals surface area contributed by atoms with E-state index in [9.17, 15) is 14.7 Å². The minimum absolute atomic E-state index is 0.000754. The van der Waals surface area contributed by atoms with Crippen LogP contribution in [0, 0.1) is 0 Å². The normalized spacial score (nSPS) is 17.3. The minimum Gasteiger partial charge on any atom is -0.478 e. The Labute approximate surface area is 257 Å². The van der Waals surface area contributed by atoms with Gasteiger partial charge in [0.05, 0.1) is 5.56 Å². The molecule has 0 spiro atoms. The van der Waals surface area contributed by atoms with Gasteiger partial charge in [-0.15, -0.1) is 0 Å². The maximum atomic E-state index is 11.8. The molecule has 0 bridgehead atoms. The summed E-state index contributed by atoms with van der Waals surface area (Å²) >= 11 is 13.0. The first-order chi connectivity index (χ1) is 20.2. The number of likely N-dealkylation sites (N-methyl/N-ethyl adjacent to an activating group) is 1. The lowest BCUT2D eigenvalue weighted by molar-refractivity contribution is -0.123. The molecule has 5 rings (SSSR count). The van der Waals surface area contributed by atoms with Crippen molar-refractivity contribution in [1.29, 1.82) is 0 Å². The van der Waals surface area contributed by atoms with Crippen LogP contribution in [0.5, 0.6) is 0 Å². The Kier molecular flexibility index (Phi) is 9.37. The van der Waals surface area contributed by atoms with E-state index < -0.39 is 5.97 Å². The number of nitrogens with zero attached hydrogens (tertiary/aromatic N) is 2. The van der Waals surface area contributed by atoms with E-state index in [2.05, 4.69) is 34.5 Å². The maximum Gasteiger partial charge on any atom is 0.335 e. The molecular weight excluding hydrogens is 569 g/mol. The van der Waals surface area contributed by atoms with Gasteiger partial charge >= 0.3 is 5.97 Å². The largest absolute Gasteiger partial charge is 0.478 e. The second kappa shape index (κ2) is 13.2. The van der Waals surface area contributed by atoms with Crippen molar-refractivity contribution in [1.82, 2.24) is 9.80 Å². The maximum absolute atomic E-state index is 11.8. The van der Waals surface area contributed by atoms with Crippen molar-refractivity contribution in [3.63, 3.8) is 0 Å². The molecule has 1 atom stereocenters. The summed E-state index contributed by atoms with van der Waals surface area (Å²) in [6.07, 6.45) is 7.06. The molecule has 1 aliphatic heterocycles. The Balaban J connectivity index is 1.41. The fourth-order valence-electron chi connectivity index (χ4n) is 5.79. The monoisotopic (exact) mass is 603 g/mol. The standard InChI is InChI=1S/C34H35Cl2N3O3/c1-38(2)32(40)7-4-17-39-18-16-27(21-39)37-26-12-8-22(9-13-26)33-28-14-10-24(34(41)42)19-23(28)5-3-6-30(33)29-15-11-25(35)20-31(29)36/h4,7-15,19-20,27,37H,3,5-6,16-18,21H2,1-2H3,(H,41,42)/b7-4+/t27-/m1/s1. The van der Waals surface area contributed by atoms with Crippen LogP contribution in [0.4, 0.5) is 5.69 Å². The van der Waals surface area contributed by atoms with Gasteiger partial charge in [0.1, 0.15) is 0 Å². The topological polar surface area (TPSA) is 72.9 Å². The number of amides is 1. The minimum atomic E-state index is -0.924. The molecule has 1 heterocycles. The number of aryl methyl sites for hydroxylation is 1. The van der Waals surface area contributed by atoms with E-state index in [1.165, 1.54) is 0 Å². The van der Waals surface area contributed by atoms with Crippen molar-refractivity contribution in [2.75, 3.05) is 39.0 Å². The number of halogens is 2. The van der Waals surface area contributed by atoms with Gasteiger partial charge in [-0.1, -0.05) is 53.5 Å².